The number of hydrazone groups is 2. The van der Waals surface area contributed by atoms with Crippen LogP contribution < -0.4 is 10.9 Å². The minimum Gasteiger partial charge on any atom is -0.418 e. The van der Waals surface area contributed by atoms with E-state index in [4.69, 9.17) is 18.9 Å². The molecule has 4 heterocycles. The summed E-state index contributed by atoms with van der Waals surface area (Å²) in [5, 5.41) is 23.0. The van der Waals surface area contributed by atoms with Gasteiger partial charge in [0.15, 0.2) is 0 Å². The third-order valence-electron chi connectivity index (χ3n) is 6.74. The SMILES string of the molecule is CCC1(CC)OC(=O)C(=NNc2nncn2CCCC2(CC)OC(=O)C(=NNc3nncn3C(C)C)C(=O)O2)C(=O)O1. The minimum atomic E-state index is -1.51. The number of carbonyl (C=O) groups excluding carboxylic acids is 4. The molecule has 0 unspecified atom stereocenters. The van der Waals surface area contributed by atoms with E-state index >= 15 is 0 Å². The van der Waals surface area contributed by atoms with E-state index < -0.39 is 46.9 Å². The Kier molecular flexibility index (Phi) is 8.82. The minimum absolute atomic E-state index is 0.0108. The molecule has 2 fully saturated rings. The van der Waals surface area contributed by atoms with Crippen molar-refractivity contribution in [2.75, 3.05) is 10.9 Å². The Hall–Kier alpha value is -4.90. The number of hydrogen-bond acceptors (Lipinski definition) is 16. The monoisotopic (exact) mass is 588 g/mol. The first-order chi connectivity index (χ1) is 20.1. The number of aryl methyl sites for hydroxylation is 1. The van der Waals surface area contributed by atoms with Crippen molar-refractivity contribution in [2.45, 2.75) is 90.9 Å². The first kappa shape index (κ1) is 30.1. The molecule has 2 aromatic rings. The Balaban J connectivity index is 1.35. The fraction of sp³-hybridized carbons (Fsp3) is 0.583. The normalized spacial score (nSPS) is 20.0. The molecule has 42 heavy (non-hydrogen) atoms. The predicted molar refractivity (Wildman–Crippen MR) is 142 cm³/mol. The number of nitrogens with one attached hydrogen (secondary N) is 2. The van der Waals surface area contributed by atoms with Crippen LogP contribution in [0.4, 0.5) is 11.9 Å². The van der Waals surface area contributed by atoms with E-state index in [1.54, 1.807) is 29.9 Å². The molecule has 18 nitrogen and oxygen atoms in total. The third kappa shape index (κ3) is 6.21. The van der Waals surface area contributed by atoms with E-state index in [2.05, 4.69) is 41.4 Å². The van der Waals surface area contributed by atoms with Gasteiger partial charge in [-0.2, -0.15) is 10.2 Å². The van der Waals surface area contributed by atoms with Gasteiger partial charge in [0.1, 0.15) is 12.7 Å². The number of ether oxygens (including phenoxy) is 4. The maximum absolute atomic E-state index is 12.7. The van der Waals surface area contributed by atoms with Crippen LogP contribution in [0, 0.1) is 0 Å². The molecule has 4 rings (SSSR count). The number of anilines is 2. The summed E-state index contributed by atoms with van der Waals surface area (Å²) in [6.07, 6.45) is 4.15. The zero-order chi connectivity index (χ0) is 30.5. The molecule has 2 aromatic heterocycles. The van der Waals surface area contributed by atoms with Crippen LogP contribution in [0.2, 0.25) is 0 Å². The summed E-state index contributed by atoms with van der Waals surface area (Å²) in [7, 11) is 0. The summed E-state index contributed by atoms with van der Waals surface area (Å²) >= 11 is 0. The second kappa shape index (κ2) is 12.3. The molecule has 2 aliphatic rings. The molecule has 0 radical (unpaired) electrons. The number of aromatic nitrogens is 6. The number of cyclic esters (lactones) is 4. The predicted octanol–water partition coefficient (Wildman–Crippen LogP) is 1.29. The topological polar surface area (TPSA) is 215 Å². The van der Waals surface area contributed by atoms with Crippen molar-refractivity contribution < 1.29 is 38.1 Å². The van der Waals surface area contributed by atoms with Gasteiger partial charge in [-0.1, -0.05) is 20.8 Å². The van der Waals surface area contributed by atoms with Crippen molar-refractivity contribution in [1.29, 1.82) is 0 Å². The number of carbonyl (C=O) groups is 4. The Morgan fingerprint density at radius 1 is 0.762 bits per heavy atom. The van der Waals surface area contributed by atoms with Crippen molar-refractivity contribution >= 4 is 47.2 Å². The molecular weight excluding hydrogens is 556 g/mol. The number of hydrogen-bond donors (Lipinski definition) is 2. The van der Waals surface area contributed by atoms with Crippen molar-refractivity contribution in [1.82, 2.24) is 29.5 Å². The highest BCUT2D eigenvalue weighted by atomic mass is 16.8. The second-order valence-corrected chi connectivity index (χ2v) is 9.69. The maximum atomic E-state index is 12.7. The molecule has 18 heteroatoms. The smallest absolute Gasteiger partial charge is 0.369 e. The summed E-state index contributed by atoms with van der Waals surface area (Å²) in [6.45, 7) is 9.25. The molecule has 0 spiro atoms. The fourth-order valence-electron chi connectivity index (χ4n) is 4.16. The van der Waals surface area contributed by atoms with E-state index in [1.807, 2.05) is 13.8 Å². The van der Waals surface area contributed by atoms with Crippen molar-refractivity contribution in [2.24, 2.45) is 10.2 Å². The molecule has 0 aliphatic carbocycles. The zero-order valence-corrected chi connectivity index (χ0v) is 23.8. The van der Waals surface area contributed by atoms with Gasteiger partial charge in [0.2, 0.25) is 11.9 Å². The Labute approximate surface area is 239 Å². The van der Waals surface area contributed by atoms with E-state index in [9.17, 15) is 19.2 Å². The highest BCUT2D eigenvalue weighted by Crippen LogP contribution is 2.30. The zero-order valence-electron chi connectivity index (χ0n) is 23.8. The second-order valence-electron chi connectivity index (χ2n) is 9.69. The lowest BCUT2D eigenvalue weighted by Crippen LogP contribution is -2.50. The molecule has 226 valence electrons. The van der Waals surface area contributed by atoms with Crippen LogP contribution in [0.25, 0.3) is 0 Å². The molecular formula is C24H32N10O8. The Morgan fingerprint density at radius 3 is 1.76 bits per heavy atom. The highest BCUT2D eigenvalue weighted by Gasteiger charge is 2.46. The largest absolute Gasteiger partial charge is 0.418 e. The van der Waals surface area contributed by atoms with Crippen LogP contribution in [0.1, 0.15) is 72.8 Å². The van der Waals surface area contributed by atoms with Gasteiger partial charge >= 0.3 is 23.9 Å². The van der Waals surface area contributed by atoms with Gasteiger partial charge in [-0.15, -0.1) is 20.4 Å². The summed E-state index contributed by atoms with van der Waals surface area (Å²) in [6, 6.07) is 0.0108. The number of esters is 4. The van der Waals surface area contributed by atoms with Crippen LogP contribution in [0.5, 0.6) is 0 Å². The van der Waals surface area contributed by atoms with Gasteiger partial charge < -0.3 is 18.9 Å². The van der Waals surface area contributed by atoms with Gasteiger partial charge in [0.25, 0.3) is 23.0 Å². The summed E-state index contributed by atoms with van der Waals surface area (Å²) in [5.74, 6) is -6.19. The van der Waals surface area contributed by atoms with E-state index in [0.717, 1.165) is 0 Å². The lowest BCUT2D eigenvalue weighted by Gasteiger charge is -2.35. The van der Waals surface area contributed by atoms with Gasteiger partial charge in [-0.25, -0.2) is 30.0 Å². The quantitative estimate of drug-likeness (QED) is 0.264. The van der Waals surface area contributed by atoms with Gasteiger partial charge in [0.05, 0.1) is 0 Å². The van der Waals surface area contributed by atoms with Gasteiger partial charge in [-0.05, 0) is 20.3 Å². The summed E-state index contributed by atoms with van der Waals surface area (Å²) < 4.78 is 24.8. The highest BCUT2D eigenvalue weighted by molar-refractivity contribution is 6.63. The summed E-state index contributed by atoms with van der Waals surface area (Å²) in [4.78, 5) is 50.2. The Bertz CT molecular complexity index is 1370. The summed E-state index contributed by atoms with van der Waals surface area (Å²) in [5.41, 5.74) is 3.95. The number of nitrogens with zero attached hydrogens (tertiary/aromatic N) is 8. The lowest BCUT2D eigenvalue weighted by molar-refractivity contribution is -0.233. The van der Waals surface area contributed by atoms with Gasteiger partial charge in [0, 0.05) is 38.3 Å². The molecule has 0 saturated carbocycles. The average molecular weight is 589 g/mol. The molecule has 2 N–H and O–H groups in total. The molecule has 0 atom stereocenters. The molecule has 0 aromatic carbocycles. The van der Waals surface area contributed by atoms with Crippen molar-refractivity contribution in [3.8, 4) is 0 Å². The van der Waals surface area contributed by atoms with Crippen molar-refractivity contribution in [3.63, 3.8) is 0 Å². The third-order valence-corrected chi connectivity index (χ3v) is 6.74. The lowest BCUT2D eigenvalue weighted by atomic mass is 10.1. The Morgan fingerprint density at radius 2 is 1.24 bits per heavy atom. The molecule has 2 aliphatic heterocycles. The maximum Gasteiger partial charge on any atom is 0.369 e. The van der Waals surface area contributed by atoms with Crippen LogP contribution in [0.3, 0.4) is 0 Å². The van der Waals surface area contributed by atoms with E-state index in [-0.39, 0.29) is 37.3 Å². The van der Waals surface area contributed by atoms with Crippen molar-refractivity contribution in [3.05, 3.63) is 12.7 Å². The first-order valence-electron chi connectivity index (χ1n) is 13.4. The number of rotatable bonds is 12. The first-order valence-corrected chi connectivity index (χ1v) is 13.4. The fourth-order valence-corrected chi connectivity index (χ4v) is 4.16. The van der Waals surface area contributed by atoms with Crippen LogP contribution in [-0.2, 0) is 44.7 Å². The standard InChI is InChI=1S/C24H32N10O8/c1-6-23(7-2)39-17(35)15(18(36)40-23)27-31-21-29-25-12-33(21)11-9-10-24(8-3)41-19(37)16(20(38)42-24)28-32-22-30-26-13-34(22)14(4)5/h12-14H,6-11H2,1-5H3,(H,29,31)(H,30,32). The van der Waals surface area contributed by atoms with Crippen LogP contribution in [0.15, 0.2) is 22.9 Å². The molecule has 2 saturated heterocycles. The van der Waals surface area contributed by atoms with E-state index in [0.29, 0.717) is 19.3 Å². The average Bonchev–Trinajstić information content (AvgIpc) is 3.61. The molecule has 0 bridgehead atoms. The van der Waals surface area contributed by atoms with Crippen LogP contribution >= 0.6 is 0 Å². The van der Waals surface area contributed by atoms with Crippen LogP contribution in [-0.4, -0.2) is 76.4 Å². The molecule has 0 amide bonds. The van der Waals surface area contributed by atoms with Gasteiger partial charge in [-0.3, -0.25) is 9.13 Å². The van der Waals surface area contributed by atoms with E-state index in [1.165, 1.54) is 12.7 Å².